The number of nitrogens with one attached hydrogen (secondary N) is 1. The first-order valence-electron chi connectivity index (χ1n) is 12.7. The van der Waals surface area contributed by atoms with Crippen LogP contribution in [-0.4, -0.2) is 47.0 Å². The summed E-state index contributed by atoms with van der Waals surface area (Å²) in [4.78, 5) is 29.5. The fourth-order valence-electron chi connectivity index (χ4n) is 4.47. The van der Waals surface area contributed by atoms with Crippen molar-refractivity contribution in [1.82, 2.24) is 15.1 Å². The fourth-order valence-corrected chi connectivity index (χ4v) is 6.78. The van der Waals surface area contributed by atoms with Gasteiger partial charge in [-0.25, -0.2) is 4.68 Å². The SMILES string of the molecule is CC[C@H](C)NC(=O)CN1C(=O)CS[C@@H](c2cccs2)c2c(-c3ccc(Cl)cc3)nn(-c3ccc(OC)cc3)c21. The van der Waals surface area contributed by atoms with E-state index in [0.717, 1.165) is 33.8 Å². The van der Waals surface area contributed by atoms with E-state index >= 15 is 0 Å². The average Bonchev–Trinajstić information content (AvgIpc) is 3.59. The van der Waals surface area contributed by atoms with Gasteiger partial charge < -0.3 is 10.1 Å². The molecule has 1 aliphatic rings. The van der Waals surface area contributed by atoms with Gasteiger partial charge in [0.2, 0.25) is 11.8 Å². The summed E-state index contributed by atoms with van der Waals surface area (Å²) in [6.07, 6.45) is 0.797. The van der Waals surface area contributed by atoms with Crippen LogP contribution in [0.5, 0.6) is 5.75 Å². The van der Waals surface area contributed by atoms with Crippen molar-refractivity contribution in [2.75, 3.05) is 24.3 Å². The van der Waals surface area contributed by atoms with E-state index in [4.69, 9.17) is 21.4 Å². The van der Waals surface area contributed by atoms with Crippen molar-refractivity contribution < 1.29 is 14.3 Å². The zero-order valence-electron chi connectivity index (χ0n) is 21.9. The third-order valence-electron chi connectivity index (χ3n) is 6.65. The molecular weight excluding hydrogens is 552 g/mol. The van der Waals surface area contributed by atoms with Gasteiger partial charge in [-0.2, -0.15) is 5.10 Å². The standard InChI is InChI=1S/C29H29ClN4O3S2/c1-4-18(2)31-24(35)16-33-25(36)17-39-28(23-6-5-15-38-23)26-27(19-7-9-20(30)10-8-19)32-34(29(26)33)21-11-13-22(37-3)14-12-21/h5-15,18,28H,4,16-17H2,1-3H3,(H,31,35)/t18-,28-/m0/s1. The molecule has 2 atom stereocenters. The number of carbonyl (C=O) groups excluding carboxylic acids is 2. The number of amides is 2. The van der Waals surface area contributed by atoms with E-state index in [-0.39, 0.29) is 35.4 Å². The Kier molecular flexibility index (Phi) is 8.30. The first-order chi connectivity index (χ1) is 18.9. The Morgan fingerprint density at radius 1 is 1.18 bits per heavy atom. The highest BCUT2D eigenvalue weighted by Crippen LogP contribution is 2.49. The van der Waals surface area contributed by atoms with Crippen LogP contribution in [0.15, 0.2) is 66.0 Å². The number of methoxy groups -OCH3 is 1. The number of thiophene rings is 1. The van der Waals surface area contributed by atoms with Crippen LogP contribution >= 0.6 is 34.7 Å². The van der Waals surface area contributed by atoms with E-state index in [1.54, 1.807) is 39.8 Å². The maximum Gasteiger partial charge on any atom is 0.240 e. The average molecular weight is 581 g/mol. The van der Waals surface area contributed by atoms with Crippen molar-refractivity contribution in [3.8, 4) is 22.7 Å². The molecule has 2 aromatic carbocycles. The van der Waals surface area contributed by atoms with Gasteiger partial charge in [0.1, 0.15) is 18.1 Å². The lowest BCUT2D eigenvalue weighted by Crippen LogP contribution is -2.44. The highest BCUT2D eigenvalue weighted by atomic mass is 35.5. The van der Waals surface area contributed by atoms with E-state index in [1.165, 1.54) is 0 Å². The Bertz CT molecular complexity index is 1450. The van der Waals surface area contributed by atoms with Gasteiger partial charge in [-0.1, -0.05) is 36.7 Å². The Morgan fingerprint density at radius 3 is 2.56 bits per heavy atom. The van der Waals surface area contributed by atoms with Crippen LogP contribution in [0, 0.1) is 0 Å². The lowest BCUT2D eigenvalue weighted by atomic mass is 10.0. The summed E-state index contributed by atoms with van der Waals surface area (Å²) < 4.78 is 7.14. The molecule has 0 saturated carbocycles. The third-order valence-corrected chi connectivity index (χ3v) is 9.22. The van der Waals surface area contributed by atoms with Crippen LogP contribution in [0.3, 0.4) is 0 Å². The van der Waals surface area contributed by atoms with Gasteiger partial charge in [-0.3, -0.25) is 14.5 Å². The number of nitrogens with zero attached hydrogens (tertiary/aromatic N) is 3. The second-order valence-corrected chi connectivity index (χ2v) is 11.8. The quantitative estimate of drug-likeness (QED) is 0.263. The molecule has 0 bridgehead atoms. The number of halogens is 1. The molecule has 1 aliphatic heterocycles. The summed E-state index contributed by atoms with van der Waals surface area (Å²) in [5.74, 6) is 1.19. The van der Waals surface area contributed by atoms with Gasteiger partial charge in [-0.05, 0) is 61.2 Å². The molecule has 0 fully saturated rings. The van der Waals surface area contributed by atoms with Gasteiger partial charge in [-0.15, -0.1) is 23.1 Å². The molecule has 5 rings (SSSR count). The molecule has 10 heteroatoms. The lowest BCUT2D eigenvalue weighted by Gasteiger charge is -2.24. The molecule has 39 heavy (non-hydrogen) atoms. The first kappa shape index (κ1) is 27.3. The Labute approximate surface area is 241 Å². The largest absolute Gasteiger partial charge is 0.497 e. The highest BCUT2D eigenvalue weighted by Gasteiger charge is 2.38. The Hall–Kier alpha value is -3.27. The van der Waals surface area contributed by atoms with Crippen molar-refractivity contribution in [2.45, 2.75) is 31.6 Å². The van der Waals surface area contributed by atoms with Crippen molar-refractivity contribution in [2.24, 2.45) is 0 Å². The second kappa shape index (κ2) is 11.9. The van der Waals surface area contributed by atoms with Gasteiger partial charge >= 0.3 is 0 Å². The molecule has 0 aliphatic carbocycles. The van der Waals surface area contributed by atoms with Crippen LogP contribution in [0.4, 0.5) is 5.82 Å². The predicted octanol–water partition coefficient (Wildman–Crippen LogP) is 6.35. The van der Waals surface area contributed by atoms with E-state index < -0.39 is 0 Å². The molecular formula is C29H29ClN4O3S2. The summed E-state index contributed by atoms with van der Waals surface area (Å²) in [6, 6.07) is 19.2. The minimum Gasteiger partial charge on any atom is -0.497 e. The summed E-state index contributed by atoms with van der Waals surface area (Å²) in [5, 5.41) is 10.6. The number of rotatable bonds is 8. The van der Waals surface area contributed by atoms with Crippen molar-refractivity contribution >= 4 is 52.3 Å². The first-order valence-corrected chi connectivity index (χ1v) is 15.0. The lowest BCUT2D eigenvalue weighted by molar-refractivity contribution is -0.123. The maximum absolute atomic E-state index is 13.7. The number of thioether (sulfide) groups is 1. The van der Waals surface area contributed by atoms with Crippen LogP contribution in [-0.2, 0) is 9.59 Å². The molecule has 7 nitrogen and oxygen atoms in total. The Morgan fingerprint density at radius 2 is 1.92 bits per heavy atom. The molecule has 202 valence electrons. The molecule has 0 radical (unpaired) electrons. The number of carbonyl (C=O) groups is 2. The molecule has 2 amide bonds. The van der Waals surface area contributed by atoms with Gasteiger partial charge in [0, 0.05) is 27.1 Å². The molecule has 0 saturated heterocycles. The van der Waals surface area contributed by atoms with Crippen LogP contribution in [0.1, 0.15) is 36.0 Å². The number of fused-ring (bicyclic) bond motifs is 1. The minimum atomic E-state index is -0.209. The van der Waals surface area contributed by atoms with Crippen molar-refractivity contribution in [1.29, 1.82) is 0 Å². The minimum absolute atomic E-state index is 0.00317. The summed E-state index contributed by atoms with van der Waals surface area (Å²) >= 11 is 9.42. The summed E-state index contributed by atoms with van der Waals surface area (Å²) in [5.41, 5.74) is 3.26. The zero-order valence-corrected chi connectivity index (χ0v) is 24.3. The number of aromatic nitrogens is 2. The topological polar surface area (TPSA) is 76.5 Å². The van der Waals surface area contributed by atoms with Gasteiger partial charge in [0.05, 0.1) is 29.5 Å². The number of ether oxygens (including phenoxy) is 1. The summed E-state index contributed by atoms with van der Waals surface area (Å²) in [7, 11) is 1.62. The number of anilines is 1. The van der Waals surface area contributed by atoms with Crippen LogP contribution < -0.4 is 15.0 Å². The molecule has 3 heterocycles. The molecule has 1 N–H and O–H groups in total. The van der Waals surface area contributed by atoms with E-state index in [2.05, 4.69) is 11.4 Å². The van der Waals surface area contributed by atoms with E-state index in [0.29, 0.717) is 16.6 Å². The van der Waals surface area contributed by atoms with Crippen molar-refractivity contribution in [3.63, 3.8) is 0 Å². The highest BCUT2D eigenvalue weighted by molar-refractivity contribution is 8.00. The smallest absolute Gasteiger partial charge is 0.240 e. The normalized spacial score (nSPS) is 15.9. The predicted molar refractivity (Wildman–Crippen MR) is 159 cm³/mol. The molecule has 4 aromatic rings. The molecule has 0 unspecified atom stereocenters. The van der Waals surface area contributed by atoms with E-state index in [1.807, 2.05) is 73.8 Å². The number of hydrogen-bond donors (Lipinski definition) is 1. The van der Waals surface area contributed by atoms with E-state index in [9.17, 15) is 9.59 Å². The zero-order chi connectivity index (χ0) is 27.5. The van der Waals surface area contributed by atoms with Gasteiger partial charge in [0.25, 0.3) is 0 Å². The van der Waals surface area contributed by atoms with Crippen molar-refractivity contribution in [3.05, 3.63) is 81.5 Å². The van der Waals surface area contributed by atoms with Gasteiger partial charge in [0.15, 0.2) is 0 Å². The second-order valence-electron chi connectivity index (χ2n) is 9.27. The number of hydrogen-bond acceptors (Lipinski definition) is 6. The summed E-state index contributed by atoms with van der Waals surface area (Å²) in [6.45, 7) is 3.87. The Balaban J connectivity index is 1.75. The maximum atomic E-state index is 13.7. The third kappa shape index (κ3) is 5.71. The molecule has 0 spiro atoms. The van der Waals surface area contributed by atoms with Crippen LogP contribution in [0.25, 0.3) is 16.9 Å². The molecule has 2 aromatic heterocycles. The van der Waals surface area contributed by atoms with Crippen LogP contribution in [0.2, 0.25) is 5.02 Å². The monoisotopic (exact) mass is 580 g/mol. The number of benzene rings is 2. The fraction of sp³-hybridized carbons (Fsp3) is 0.276.